The van der Waals surface area contributed by atoms with Crippen molar-refractivity contribution in [2.75, 3.05) is 25.6 Å². The molecule has 0 radical (unpaired) electrons. The lowest BCUT2D eigenvalue weighted by Gasteiger charge is -2.32. The van der Waals surface area contributed by atoms with Crippen LogP contribution in [0.2, 0.25) is 0 Å². The van der Waals surface area contributed by atoms with Crippen molar-refractivity contribution in [3.63, 3.8) is 0 Å². The number of carbonyl (C=O) groups is 8. The van der Waals surface area contributed by atoms with Crippen LogP contribution in [0.4, 0.5) is 0 Å². The number of benzene rings is 2. The Morgan fingerprint density at radius 3 is 1.90 bits per heavy atom. The predicted molar refractivity (Wildman–Crippen MR) is 219 cm³/mol. The third kappa shape index (κ3) is 18.0. The van der Waals surface area contributed by atoms with Gasteiger partial charge in [0.2, 0.25) is 35.4 Å². The van der Waals surface area contributed by atoms with Gasteiger partial charge in [-0.1, -0.05) is 80.6 Å². The van der Waals surface area contributed by atoms with E-state index in [1.54, 1.807) is 66.7 Å². The normalized spacial score (nSPS) is 13.3. The molecule has 2 aromatic carbocycles. The Morgan fingerprint density at radius 1 is 0.759 bits per heavy atom. The van der Waals surface area contributed by atoms with Crippen LogP contribution in [-0.4, -0.2) is 112 Å². The molecule has 8 N–H and O–H groups in total. The smallest absolute Gasteiger partial charge is 0.305 e. The van der Waals surface area contributed by atoms with E-state index >= 15 is 0 Å². The number of hydrogen-bond acceptors (Lipinski definition) is 9. The first-order chi connectivity index (χ1) is 27.5. The third-order valence-electron chi connectivity index (χ3n) is 8.90. The summed E-state index contributed by atoms with van der Waals surface area (Å²) in [5.41, 5.74) is 7.33. The van der Waals surface area contributed by atoms with Crippen LogP contribution in [0.25, 0.3) is 0 Å². The van der Waals surface area contributed by atoms with Gasteiger partial charge in [0.1, 0.15) is 24.2 Å². The van der Waals surface area contributed by atoms with E-state index in [1.807, 2.05) is 20.1 Å². The highest BCUT2D eigenvalue weighted by Gasteiger charge is 2.34. The largest absolute Gasteiger partial charge is 0.481 e. The highest BCUT2D eigenvalue weighted by atomic mass is 32.2. The summed E-state index contributed by atoms with van der Waals surface area (Å²) in [7, 11) is 1.42. The van der Waals surface area contributed by atoms with Crippen LogP contribution >= 0.6 is 11.8 Å². The molecule has 17 heteroatoms. The molecule has 0 bridgehead atoms. The van der Waals surface area contributed by atoms with Crippen LogP contribution in [0.3, 0.4) is 0 Å². The van der Waals surface area contributed by atoms with Gasteiger partial charge in [0.15, 0.2) is 0 Å². The standard InChI is InChI=1S/C41H56N6O10S/c1-26(2)22-29(38(54)45-30(37(42)53)19-21-58-4)16-11-20-43-40(56)33(24-28-14-9-6-10-15-28)47(3)41(57)32(23-27-12-7-5-8-13-27)46-39(55)31(25-36(51)52)44-34(48)17-18-35(49)50/h5-10,12-16,26,30-33H,11,17-25H2,1-4H3,(H2,42,53)(H,43,56)(H,44,48)(H,45,54)(H,46,55)(H,49,50)(H,51,52)/b29-16+/t30-,31-,32-,33-/m0/s1. The van der Waals surface area contributed by atoms with E-state index in [4.69, 9.17) is 10.8 Å². The van der Waals surface area contributed by atoms with Crippen molar-refractivity contribution in [1.82, 2.24) is 26.2 Å². The molecular weight excluding hydrogens is 769 g/mol. The van der Waals surface area contributed by atoms with Crippen LogP contribution in [0, 0.1) is 5.92 Å². The van der Waals surface area contributed by atoms with Crippen molar-refractivity contribution in [3.05, 3.63) is 83.4 Å². The molecular formula is C41H56N6O10S. The summed E-state index contributed by atoms with van der Waals surface area (Å²) in [6, 6.07) is 12.8. The first-order valence-corrected chi connectivity index (χ1v) is 20.3. The number of aliphatic carboxylic acids is 2. The molecule has 4 atom stereocenters. The molecule has 0 saturated heterocycles. The highest BCUT2D eigenvalue weighted by Crippen LogP contribution is 2.15. The van der Waals surface area contributed by atoms with Crippen LogP contribution < -0.4 is 27.0 Å². The molecule has 0 fully saturated rings. The van der Waals surface area contributed by atoms with Gasteiger partial charge in [-0.2, -0.15) is 11.8 Å². The number of amides is 6. The Balaban J connectivity index is 2.36. The molecule has 0 aromatic heterocycles. The van der Waals surface area contributed by atoms with Gasteiger partial charge in [-0.15, -0.1) is 0 Å². The fourth-order valence-electron chi connectivity index (χ4n) is 5.88. The van der Waals surface area contributed by atoms with Gasteiger partial charge in [-0.05, 0) is 48.3 Å². The first-order valence-electron chi connectivity index (χ1n) is 19.0. The minimum Gasteiger partial charge on any atom is -0.481 e. The van der Waals surface area contributed by atoms with Crippen molar-refractivity contribution in [1.29, 1.82) is 0 Å². The second kappa shape index (κ2) is 25.5. The number of carboxylic acids is 2. The Hall–Kier alpha value is -5.71. The minimum absolute atomic E-state index is 0.0540. The molecule has 2 rings (SSSR count). The molecule has 0 aliphatic carbocycles. The molecule has 2 aromatic rings. The topological polar surface area (TPSA) is 254 Å². The number of hydrogen-bond donors (Lipinski definition) is 7. The Bertz CT molecular complexity index is 1740. The number of carboxylic acid groups (broad SMARTS) is 2. The van der Waals surface area contributed by atoms with E-state index in [9.17, 15) is 43.5 Å². The minimum atomic E-state index is -1.63. The Kier molecular flexibility index (Phi) is 21.3. The maximum atomic E-state index is 14.3. The van der Waals surface area contributed by atoms with Crippen LogP contribution in [0.5, 0.6) is 0 Å². The zero-order chi connectivity index (χ0) is 43.2. The Morgan fingerprint density at radius 2 is 1.36 bits per heavy atom. The van der Waals surface area contributed by atoms with Crippen molar-refractivity contribution in [2.24, 2.45) is 11.7 Å². The average molecular weight is 825 g/mol. The summed E-state index contributed by atoms with van der Waals surface area (Å²) in [5, 5.41) is 28.8. The van der Waals surface area contributed by atoms with Crippen molar-refractivity contribution >= 4 is 59.1 Å². The SMILES string of the molecule is CSCC[C@H](NC(=O)/C(=C/CCNC(=O)[C@H](Cc1ccccc1)N(C)C(=O)[C@H](Cc1ccccc1)NC(=O)[C@H](CC(=O)O)NC(=O)CCC(=O)O)CC(C)C)C(N)=O. The summed E-state index contributed by atoms with van der Waals surface area (Å²) in [6.07, 6.45) is 2.77. The summed E-state index contributed by atoms with van der Waals surface area (Å²) < 4.78 is 0. The molecule has 0 aliphatic rings. The second-order valence-electron chi connectivity index (χ2n) is 14.1. The number of nitrogens with two attached hydrogens (primary N) is 1. The molecule has 0 aliphatic heterocycles. The Labute approximate surface area is 343 Å². The number of carbonyl (C=O) groups excluding carboxylic acids is 6. The van der Waals surface area contributed by atoms with Gasteiger partial charge in [0, 0.05) is 38.4 Å². The van der Waals surface area contributed by atoms with Gasteiger partial charge in [-0.3, -0.25) is 38.4 Å². The lowest BCUT2D eigenvalue weighted by Crippen LogP contribution is -2.58. The molecule has 0 spiro atoms. The lowest BCUT2D eigenvalue weighted by atomic mass is 10.00. The van der Waals surface area contributed by atoms with Crippen molar-refractivity contribution in [3.8, 4) is 0 Å². The van der Waals surface area contributed by atoms with Crippen LogP contribution in [0.15, 0.2) is 72.3 Å². The molecule has 6 amide bonds. The van der Waals surface area contributed by atoms with Crippen LogP contribution in [-0.2, 0) is 51.2 Å². The third-order valence-corrected chi connectivity index (χ3v) is 9.54. The highest BCUT2D eigenvalue weighted by molar-refractivity contribution is 7.98. The molecule has 58 heavy (non-hydrogen) atoms. The van der Waals surface area contributed by atoms with E-state index in [1.165, 1.54) is 23.7 Å². The summed E-state index contributed by atoms with van der Waals surface area (Å²) in [6.45, 7) is 3.98. The van der Waals surface area contributed by atoms with Crippen molar-refractivity contribution in [2.45, 2.75) is 89.4 Å². The summed E-state index contributed by atoms with van der Waals surface area (Å²) in [5.74, 6) is -6.05. The van der Waals surface area contributed by atoms with Gasteiger partial charge in [0.05, 0.1) is 12.8 Å². The maximum absolute atomic E-state index is 14.3. The summed E-state index contributed by atoms with van der Waals surface area (Å²) in [4.78, 5) is 103. The van der Waals surface area contributed by atoms with E-state index < -0.39 is 90.8 Å². The molecule has 316 valence electrons. The van der Waals surface area contributed by atoms with Gasteiger partial charge >= 0.3 is 11.9 Å². The lowest BCUT2D eigenvalue weighted by molar-refractivity contribution is -0.144. The van der Waals surface area contributed by atoms with Gasteiger partial charge in [-0.25, -0.2) is 0 Å². The molecule has 0 heterocycles. The summed E-state index contributed by atoms with van der Waals surface area (Å²) >= 11 is 1.52. The molecule has 0 unspecified atom stereocenters. The zero-order valence-corrected chi connectivity index (χ0v) is 34.2. The van der Waals surface area contributed by atoms with E-state index in [0.717, 1.165) is 5.56 Å². The predicted octanol–water partition coefficient (Wildman–Crippen LogP) is 1.81. The van der Waals surface area contributed by atoms with Gasteiger partial charge in [0.25, 0.3) is 0 Å². The number of likely N-dealkylation sites (N-methyl/N-ethyl adjacent to an activating group) is 1. The molecule has 16 nitrogen and oxygen atoms in total. The van der Waals surface area contributed by atoms with E-state index in [-0.39, 0.29) is 31.7 Å². The fourth-order valence-corrected chi connectivity index (χ4v) is 6.35. The van der Waals surface area contributed by atoms with Gasteiger partial charge < -0.3 is 42.1 Å². The van der Waals surface area contributed by atoms with E-state index in [2.05, 4.69) is 21.3 Å². The number of thioether (sulfide) groups is 1. The number of rotatable bonds is 26. The maximum Gasteiger partial charge on any atom is 0.305 e. The first kappa shape index (κ1) is 48.4. The number of nitrogens with zero attached hydrogens (tertiary/aromatic N) is 1. The van der Waals surface area contributed by atoms with E-state index in [0.29, 0.717) is 29.7 Å². The number of nitrogens with one attached hydrogen (secondary N) is 4. The quantitative estimate of drug-likeness (QED) is 0.0532. The average Bonchev–Trinajstić information content (AvgIpc) is 3.17. The zero-order valence-electron chi connectivity index (χ0n) is 33.4. The molecule has 0 saturated carbocycles. The fraction of sp³-hybridized carbons (Fsp3) is 0.463. The second-order valence-corrected chi connectivity index (χ2v) is 15.1. The van der Waals surface area contributed by atoms with Crippen molar-refractivity contribution < 1.29 is 48.6 Å². The van der Waals surface area contributed by atoms with Crippen LogP contribution in [0.1, 0.15) is 63.5 Å². The number of primary amides is 1. The monoisotopic (exact) mass is 824 g/mol.